The predicted octanol–water partition coefficient (Wildman–Crippen LogP) is 4.66. The Balaban J connectivity index is 1.75. The van der Waals surface area contributed by atoms with Crippen molar-refractivity contribution < 1.29 is 0 Å². The molecule has 4 rings (SSSR count). The van der Waals surface area contributed by atoms with Gasteiger partial charge < -0.3 is 11.1 Å². The van der Waals surface area contributed by atoms with Crippen molar-refractivity contribution in [2.45, 2.75) is 32.6 Å². The molecule has 140 valence electrons. The van der Waals surface area contributed by atoms with Crippen molar-refractivity contribution >= 4 is 23.7 Å². The number of hydrogen-bond donors (Lipinski definition) is 3. The van der Waals surface area contributed by atoms with Gasteiger partial charge in [-0.25, -0.2) is 0 Å². The molecular formula is C23H23N5. The first-order valence-corrected chi connectivity index (χ1v) is 9.51. The maximum Gasteiger partial charge on any atom is 0.118 e. The second-order valence-corrected chi connectivity index (χ2v) is 7.56. The lowest BCUT2D eigenvalue weighted by Gasteiger charge is -2.18. The van der Waals surface area contributed by atoms with Crippen LogP contribution in [0.15, 0.2) is 42.4 Å². The normalized spacial score (nSPS) is 19.8. The highest BCUT2D eigenvalue weighted by atomic mass is 15.0. The summed E-state index contributed by atoms with van der Waals surface area (Å²) in [6.45, 7) is 2.06. The molecule has 1 aromatic carbocycles. The number of nitrogens with zero attached hydrogens (tertiary/aromatic N) is 2. The Hall–Kier alpha value is -3.39. The molecule has 5 heteroatoms. The van der Waals surface area contributed by atoms with Gasteiger partial charge in [0.15, 0.2) is 0 Å². The van der Waals surface area contributed by atoms with Gasteiger partial charge in [0.05, 0.1) is 6.07 Å². The molecule has 1 saturated carbocycles. The minimum Gasteiger partial charge on any atom is -0.398 e. The number of nitrogen functional groups attached to an aromatic ring is 1. The molecular weight excluding hydrogens is 346 g/mol. The van der Waals surface area contributed by atoms with E-state index < -0.39 is 5.41 Å². The number of anilines is 1. The topological polar surface area (TPSA) is 98.6 Å². The fourth-order valence-corrected chi connectivity index (χ4v) is 3.55. The van der Waals surface area contributed by atoms with Crippen molar-refractivity contribution in [2.75, 3.05) is 5.73 Å². The van der Waals surface area contributed by atoms with E-state index in [4.69, 9.17) is 11.1 Å². The molecule has 4 N–H and O–H groups in total. The van der Waals surface area contributed by atoms with Gasteiger partial charge in [-0.1, -0.05) is 12.2 Å². The van der Waals surface area contributed by atoms with Crippen LogP contribution in [0.3, 0.4) is 0 Å². The SMILES string of the molecule is Cc1ccncc1-c1cc(N)c2c(c1)/C=C(/NC(=N)C1(C#N)CC1)CC/C=C\2. The molecule has 0 bridgehead atoms. The minimum absolute atomic E-state index is 0.305. The van der Waals surface area contributed by atoms with Crippen LogP contribution in [0, 0.1) is 29.1 Å². The summed E-state index contributed by atoms with van der Waals surface area (Å²) in [5.74, 6) is 0.305. The summed E-state index contributed by atoms with van der Waals surface area (Å²) in [4.78, 5) is 4.25. The molecule has 0 atom stereocenters. The quantitative estimate of drug-likeness (QED) is 0.416. The number of benzene rings is 1. The number of allylic oxidation sites excluding steroid dienone is 2. The zero-order valence-corrected chi connectivity index (χ0v) is 15.9. The number of amidine groups is 1. The number of fused-ring (bicyclic) bond motifs is 1. The van der Waals surface area contributed by atoms with E-state index >= 15 is 0 Å². The third kappa shape index (κ3) is 3.29. The number of nitrogens with two attached hydrogens (primary N) is 1. The molecule has 0 spiro atoms. The predicted molar refractivity (Wildman–Crippen MR) is 113 cm³/mol. The molecule has 28 heavy (non-hydrogen) atoms. The van der Waals surface area contributed by atoms with Crippen LogP contribution in [0.4, 0.5) is 5.69 Å². The summed E-state index contributed by atoms with van der Waals surface area (Å²) >= 11 is 0. The first kappa shape index (κ1) is 18.0. The summed E-state index contributed by atoms with van der Waals surface area (Å²) in [6, 6.07) is 8.38. The molecule has 1 heterocycles. The first-order valence-electron chi connectivity index (χ1n) is 9.51. The van der Waals surface area contributed by atoms with Gasteiger partial charge in [0.1, 0.15) is 11.3 Å². The third-order valence-electron chi connectivity index (χ3n) is 5.52. The molecule has 2 aliphatic carbocycles. The zero-order chi connectivity index (χ0) is 19.7. The van der Waals surface area contributed by atoms with E-state index in [1.165, 1.54) is 0 Å². The van der Waals surface area contributed by atoms with Crippen LogP contribution in [0.25, 0.3) is 23.3 Å². The lowest BCUT2D eigenvalue weighted by molar-refractivity contribution is 0.828. The van der Waals surface area contributed by atoms with Crippen molar-refractivity contribution in [3.8, 4) is 17.2 Å². The second kappa shape index (κ2) is 6.97. The number of pyridine rings is 1. The largest absolute Gasteiger partial charge is 0.398 e. The molecule has 1 fully saturated rings. The summed E-state index contributed by atoms with van der Waals surface area (Å²) in [6.07, 6.45) is 13.1. The minimum atomic E-state index is -0.616. The lowest BCUT2D eigenvalue weighted by atomic mass is 9.93. The zero-order valence-electron chi connectivity index (χ0n) is 15.9. The smallest absolute Gasteiger partial charge is 0.118 e. The van der Waals surface area contributed by atoms with Gasteiger partial charge in [0.25, 0.3) is 0 Å². The van der Waals surface area contributed by atoms with E-state index in [2.05, 4.69) is 47.6 Å². The van der Waals surface area contributed by atoms with Crippen LogP contribution in [0.1, 0.15) is 42.4 Å². The molecule has 0 saturated heterocycles. The van der Waals surface area contributed by atoms with E-state index in [-0.39, 0.29) is 0 Å². The van der Waals surface area contributed by atoms with E-state index in [1.54, 1.807) is 6.20 Å². The molecule has 0 unspecified atom stereocenters. The van der Waals surface area contributed by atoms with Crippen LogP contribution in [-0.4, -0.2) is 10.8 Å². The Morgan fingerprint density at radius 3 is 2.89 bits per heavy atom. The number of nitriles is 1. The van der Waals surface area contributed by atoms with Gasteiger partial charge in [-0.3, -0.25) is 10.4 Å². The molecule has 0 amide bonds. The van der Waals surface area contributed by atoms with Crippen LogP contribution >= 0.6 is 0 Å². The van der Waals surface area contributed by atoms with Crippen LogP contribution in [-0.2, 0) is 0 Å². The van der Waals surface area contributed by atoms with E-state index in [1.807, 2.05) is 18.3 Å². The van der Waals surface area contributed by atoms with Gasteiger partial charge in [-0.2, -0.15) is 5.26 Å². The van der Waals surface area contributed by atoms with Crippen molar-refractivity contribution in [3.05, 3.63) is 59.1 Å². The van der Waals surface area contributed by atoms with Gasteiger partial charge in [0.2, 0.25) is 0 Å². The van der Waals surface area contributed by atoms with Gasteiger partial charge in [-0.05, 0) is 73.6 Å². The Labute approximate surface area is 165 Å². The molecule has 0 radical (unpaired) electrons. The number of nitrogens with one attached hydrogen (secondary N) is 2. The van der Waals surface area contributed by atoms with Gasteiger partial charge >= 0.3 is 0 Å². The first-order chi connectivity index (χ1) is 13.5. The number of hydrogen-bond acceptors (Lipinski definition) is 4. The van der Waals surface area contributed by atoms with Crippen LogP contribution in [0.5, 0.6) is 0 Å². The van der Waals surface area contributed by atoms with E-state index in [9.17, 15) is 5.26 Å². The number of aryl methyl sites for hydroxylation is 1. The van der Waals surface area contributed by atoms with Crippen molar-refractivity contribution in [2.24, 2.45) is 5.41 Å². The van der Waals surface area contributed by atoms with Crippen molar-refractivity contribution in [1.29, 1.82) is 10.7 Å². The standard InChI is InChI=1S/C23H23N5/c1-15-6-9-27-13-20(15)17-10-16-11-18(28-22(26)23(14-24)7-8-23)4-2-3-5-19(16)21(25)12-17/h3,5-6,9-13H,2,4,7-8,25H2,1H3,(H2,26,28)/b5-3-,18-11+. The van der Waals surface area contributed by atoms with Crippen LogP contribution < -0.4 is 11.1 Å². The van der Waals surface area contributed by atoms with Gasteiger partial charge in [-0.15, -0.1) is 0 Å². The highest BCUT2D eigenvalue weighted by Crippen LogP contribution is 2.45. The molecule has 5 nitrogen and oxygen atoms in total. The Bertz CT molecular complexity index is 1050. The Kier molecular flexibility index (Phi) is 4.48. The highest BCUT2D eigenvalue weighted by molar-refractivity contribution is 5.93. The monoisotopic (exact) mass is 369 g/mol. The average molecular weight is 369 g/mol. The number of aromatic nitrogens is 1. The summed E-state index contributed by atoms with van der Waals surface area (Å²) in [7, 11) is 0. The fourth-order valence-electron chi connectivity index (χ4n) is 3.55. The Morgan fingerprint density at radius 1 is 1.36 bits per heavy atom. The van der Waals surface area contributed by atoms with Crippen molar-refractivity contribution in [1.82, 2.24) is 10.3 Å². The van der Waals surface area contributed by atoms with Crippen LogP contribution in [0.2, 0.25) is 0 Å². The average Bonchev–Trinajstić information content (AvgIpc) is 3.46. The maximum atomic E-state index is 9.36. The molecule has 0 aliphatic heterocycles. The number of rotatable bonds is 3. The Morgan fingerprint density at radius 2 is 2.18 bits per heavy atom. The molecule has 2 aliphatic rings. The summed E-state index contributed by atoms with van der Waals surface area (Å²) < 4.78 is 0. The second-order valence-electron chi connectivity index (χ2n) is 7.56. The summed E-state index contributed by atoms with van der Waals surface area (Å²) in [5, 5.41) is 20.9. The summed E-state index contributed by atoms with van der Waals surface area (Å²) in [5.41, 5.74) is 12.6. The maximum absolute atomic E-state index is 9.36. The lowest BCUT2D eigenvalue weighted by Crippen LogP contribution is -2.30. The highest BCUT2D eigenvalue weighted by Gasteiger charge is 2.48. The molecule has 2 aromatic rings. The van der Waals surface area contributed by atoms with Crippen molar-refractivity contribution in [3.63, 3.8) is 0 Å². The van der Waals surface area contributed by atoms with E-state index in [0.29, 0.717) is 5.84 Å². The van der Waals surface area contributed by atoms with E-state index in [0.717, 1.165) is 64.9 Å². The third-order valence-corrected chi connectivity index (χ3v) is 5.52. The fraction of sp³-hybridized carbons (Fsp3) is 0.261. The van der Waals surface area contributed by atoms with Gasteiger partial charge in [0, 0.05) is 34.9 Å². The molecule has 1 aromatic heterocycles.